The van der Waals surface area contributed by atoms with Gasteiger partial charge in [-0.2, -0.15) is 0 Å². The van der Waals surface area contributed by atoms with E-state index in [-0.39, 0.29) is 16.9 Å². The van der Waals surface area contributed by atoms with Crippen LogP contribution in [0.2, 0.25) is 0 Å². The summed E-state index contributed by atoms with van der Waals surface area (Å²) < 4.78 is 5.87. The summed E-state index contributed by atoms with van der Waals surface area (Å²) in [7, 11) is 0. The van der Waals surface area contributed by atoms with Crippen LogP contribution in [0.4, 0.5) is 5.69 Å². The topological polar surface area (TPSA) is 102 Å². The summed E-state index contributed by atoms with van der Waals surface area (Å²) in [6.45, 7) is 1.92. The van der Waals surface area contributed by atoms with E-state index < -0.39 is 5.91 Å². The number of aryl methyl sites for hydroxylation is 1. The summed E-state index contributed by atoms with van der Waals surface area (Å²) in [4.78, 5) is 36.5. The van der Waals surface area contributed by atoms with Gasteiger partial charge in [0, 0.05) is 17.2 Å². The minimum absolute atomic E-state index is 0.125. The maximum absolute atomic E-state index is 12.6. The highest BCUT2D eigenvalue weighted by atomic mass is 16.3. The number of nitrogens with one attached hydrogen (secondary N) is 1. The Morgan fingerprint density at radius 1 is 0.933 bits per heavy atom. The van der Waals surface area contributed by atoms with Crippen LogP contribution in [-0.2, 0) is 0 Å². The van der Waals surface area contributed by atoms with Crippen molar-refractivity contribution in [2.24, 2.45) is 5.73 Å². The van der Waals surface area contributed by atoms with E-state index in [9.17, 15) is 14.4 Å². The Balaban J connectivity index is 1.61. The average Bonchev–Trinajstić information content (AvgIpc) is 2.74. The molecule has 6 nitrogen and oxygen atoms in total. The number of hydrogen-bond acceptors (Lipinski definition) is 4. The lowest BCUT2D eigenvalue weighted by molar-refractivity contribution is 0.100. The quantitative estimate of drug-likeness (QED) is 0.540. The lowest BCUT2D eigenvalue weighted by Crippen LogP contribution is -2.18. The van der Waals surface area contributed by atoms with Crippen LogP contribution in [0.5, 0.6) is 0 Å². The molecule has 0 aliphatic heterocycles. The molecule has 0 saturated carbocycles. The van der Waals surface area contributed by atoms with E-state index in [1.807, 2.05) is 13.0 Å². The number of hydrogen-bond donors (Lipinski definition) is 2. The summed E-state index contributed by atoms with van der Waals surface area (Å²) in [5.74, 6) is -0.587. The van der Waals surface area contributed by atoms with E-state index in [0.717, 1.165) is 5.56 Å². The molecule has 0 fully saturated rings. The minimum atomic E-state index is -0.622. The molecule has 4 aromatic rings. The molecule has 30 heavy (non-hydrogen) atoms. The Morgan fingerprint density at radius 2 is 1.67 bits per heavy atom. The van der Waals surface area contributed by atoms with Gasteiger partial charge in [-0.1, -0.05) is 35.9 Å². The van der Waals surface area contributed by atoms with Gasteiger partial charge >= 0.3 is 0 Å². The number of fused-ring (bicyclic) bond motifs is 1. The van der Waals surface area contributed by atoms with Crippen LogP contribution in [0.15, 0.2) is 82.0 Å². The van der Waals surface area contributed by atoms with Gasteiger partial charge in [0.25, 0.3) is 11.8 Å². The van der Waals surface area contributed by atoms with E-state index in [1.54, 1.807) is 60.7 Å². The lowest BCUT2D eigenvalue weighted by Gasteiger charge is -2.09. The predicted octanol–water partition coefficient (Wildman–Crippen LogP) is 4.12. The molecule has 3 aromatic carbocycles. The Labute approximate surface area is 172 Å². The van der Waals surface area contributed by atoms with E-state index in [0.29, 0.717) is 33.5 Å². The zero-order valence-corrected chi connectivity index (χ0v) is 16.1. The fraction of sp³-hybridized carbons (Fsp3) is 0.0417. The normalized spacial score (nSPS) is 10.7. The standard InChI is InChI=1S/C24H18N2O4/c1-14-6-11-21-18(12-14)20(27)13-22(30-21)15-7-9-16(10-8-15)24(29)26-19-5-3-2-4-17(19)23(25)28/h2-13H,1H3,(H2,25,28)(H,26,29). The molecular weight excluding hydrogens is 380 g/mol. The summed E-state index contributed by atoms with van der Waals surface area (Å²) in [5.41, 5.74) is 8.34. The molecule has 4 rings (SSSR count). The van der Waals surface area contributed by atoms with Crippen LogP contribution >= 0.6 is 0 Å². The number of primary amides is 1. The van der Waals surface area contributed by atoms with Crippen molar-refractivity contribution >= 4 is 28.5 Å². The second kappa shape index (κ2) is 7.67. The van der Waals surface area contributed by atoms with Crippen LogP contribution in [0.25, 0.3) is 22.3 Å². The molecular formula is C24H18N2O4. The molecule has 3 N–H and O–H groups in total. The number of amides is 2. The molecule has 0 atom stereocenters. The van der Waals surface area contributed by atoms with Crippen LogP contribution < -0.4 is 16.5 Å². The number of carbonyl (C=O) groups excluding carboxylic acids is 2. The number of nitrogens with two attached hydrogens (primary N) is 1. The number of benzene rings is 3. The second-order valence-corrected chi connectivity index (χ2v) is 6.92. The summed E-state index contributed by atoms with van der Waals surface area (Å²) >= 11 is 0. The first-order valence-corrected chi connectivity index (χ1v) is 9.27. The van der Waals surface area contributed by atoms with Crippen molar-refractivity contribution < 1.29 is 14.0 Å². The lowest BCUT2D eigenvalue weighted by atomic mass is 10.1. The molecule has 2 amide bonds. The first-order valence-electron chi connectivity index (χ1n) is 9.27. The smallest absolute Gasteiger partial charge is 0.255 e. The first kappa shape index (κ1) is 19.1. The molecule has 0 spiro atoms. The van der Waals surface area contributed by atoms with Crippen LogP contribution in [-0.4, -0.2) is 11.8 Å². The third-order valence-corrected chi connectivity index (χ3v) is 4.75. The van der Waals surface area contributed by atoms with Crippen LogP contribution in [0.1, 0.15) is 26.3 Å². The molecule has 6 heteroatoms. The Kier molecular flexibility index (Phi) is 4.90. The highest BCUT2D eigenvalue weighted by molar-refractivity contribution is 6.08. The molecule has 0 aliphatic carbocycles. The van der Waals surface area contributed by atoms with Gasteiger partial charge in [-0.15, -0.1) is 0 Å². The molecule has 0 saturated heterocycles. The number of rotatable bonds is 4. The van der Waals surface area contributed by atoms with Gasteiger partial charge < -0.3 is 15.5 Å². The van der Waals surface area contributed by atoms with Crippen molar-refractivity contribution in [2.75, 3.05) is 5.32 Å². The van der Waals surface area contributed by atoms with Crippen molar-refractivity contribution in [1.82, 2.24) is 0 Å². The molecule has 0 bridgehead atoms. The highest BCUT2D eigenvalue weighted by Gasteiger charge is 2.13. The van der Waals surface area contributed by atoms with Gasteiger partial charge in [0.2, 0.25) is 0 Å². The molecule has 0 aliphatic rings. The van der Waals surface area contributed by atoms with Gasteiger partial charge in [-0.25, -0.2) is 0 Å². The van der Waals surface area contributed by atoms with Crippen molar-refractivity contribution in [2.45, 2.75) is 6.92 Å². The van der Waals surface area contributed by atoms with Gasteiger partial charge in [0.05, 0.1) is 16.6 Å². The van der Waals surface area contributed by atoms with Gasteiger partial charge in [0.1, 0.15) is 11.3 Å². The largest absolute Gasteiger partial charge is 0.456 e. The number of anilines is 1. The summed E-state index contributed by atoms with van der Waals surface area (Å²) in [6, 6.07) is 20.1. The maximum Gasteiger partial charge on any atom is 0.255 e. The van der Waals surface area contributed by atoms with Crippen molar-refractivity contribution in [3.8, 4) is 11.3 Å². The van der Waals surface area contributed by atoms with Crippen LogP contribution in [0.3, 0.4) is 0 Å². The summed E-state index contributed by atoms with van der Waals surface area (Å²) in [5, 5.41) is 3.22. The zero-order chi connectivity index (χ0) is 21.3. The van der Waals surface area contributed by atoms with Crippen molar-refractivity contribution in [1.29, 1.82) is 0 Å². The first-order chi connectivity index (χ1) is 14.4. The molecule has 0 radical (unpaired) electrons. The predicted molar refractivity (Wildman–Crippen MR) is 116 cm³/mol. The van der Waals surface area contributed by atoms with E-state index >= 15 is 0 Å². The molecule has 1 heterocycles. The second-order valence-electron chi connectivity index (χ2n) is 6.92. The Hall–Kier alpha value is -4.19. The number of para-hydroxylation sites is 1. The van der Waals surface area contributed by atoms with Gasteiger partial charge in [-0.05, 0) is 43.3 Å². The van der Waals surface area contributed by atoms with Crippen molar-refractivity contribution in [3.05, 3.63) is 99.7 Å². The zero-order valence-electron chi connectivity index (χ0n) is 16.1. The van der Waals surface area contributed by atoms with Crippen LogP contribution in [0, 0.1) is 6.92 Å². The van der Waals surface area contributed by atoms with E-state index in [1.165, 1.54) is 6.07 Å². The average molecular weight is 398 g/mol. The summed E-state index contributed by atoms with van der Waals surface area (Å²) in [6.07, 6.45) is 0. The molecule has 0 unspecified atom stereocenters. The highest BCUT2D eigenvalue weighted by Crippen LogP contribution is 2.24. The van der Waals surface area contributed by atoms with E-state index in [2.05, 4.69) is 5.32 Å². The fourth-order valence-corrected chi connectivity index (χ4v) is 3.20. The minimum Gasteiger partial charge on any atom is -0.456 e. The van der Waals surface area contributed by atoms with Gasteiger partial charge in [0.15, 0.2) is 5.43 Å². The SMILES string of the molecule is Cc1ccc2oc(-c3ccc(C(=O)Nc4ccccc4C(N)=O)cc3)cc(=O)c2c1. The molecule has 148 valence electrons. The number of carbonyl (C=O) groups is 2. The molecule has 1 aromatic heterocycles. The van der Waals surface area contributed by atoms with Gasteiger partial charge in [-0.3, -0.25) is 14.4 Å². The third kappa shape index (κ3) is 3.71. The third-order valence-electron chi connectivity index (χ3n) is 4.75. The monoisotopic (exact) mass is 398 g/mol. The Bertz CT molecular complexity index is 1340. The Morgan fingerprint density at radius 3 is 2.40 bits per heavy atom. The fourth-order valence-electron chi connectivity index (χ4n) is 3.20. The van der Waals surface area contributed by atoms with Crippen molar-refractivity contribution in [3.63, 3.8) is 0 Å². The maximum atomic E-state index is 12.6. The van der Waals surface area contributed by atoms with E-state index in [4.69, 9.17) is 10.2 Å².